The second kappa shape index (κ2) is 5.24. The number of nitrogens with zero attached hydrogens (tertiary/aromatic N) is 1. The zero-order chi connectivity index (χ0) is 15.3. The maximum absolute atomic E-state index is 12.3. The Morgan fingerprint density at radius 2 is 1.81 bits per heavy atom. The zero-order valence-corrected chi connectivity index (χ0v) is 13.8. The van der Waals surface area contributed by atoms with Gasteiger partial charge in [-0.3, -0.25) is 10.1 Å². The molecule has 0 aromatic rings. The number of likely N-dealkylation sites (tertiary alicyclic amines) is 1. The molecule has 2 atom stereocenters. The molecular weight excluding hydrogens is 262 g/mol. The molecule has 0 bridgehead atoms. The van der Waals surface area contributed by atoms with Gasteiger partial charge in [0.2, 0.25) is 5.91 Å². The summed E-state index contributed by atoms with van der Waals surface area (Å²) < 4.78 is 0. The summed E-state index contributed by atoms with van der Waals surface area (Å²) in [5, 5.41) is 3.63. The first kappa shape index (κ1) is 15.3. The highest BCUT2D eigenvalue weighted by molar-refractivity contribution is 5.86. The quantitative estimate of drug-likeness (QED) is 0.784. The van der Waals surface area contributed by atoms with Crippen LogP contribution in [-0.4, -0.2) is 42.0 Å². The van der Waals surface area contributed by atoms with Gasteiger partial charge in [0.15, 0.2) is 0 Å². The average Bonchev–Trinajstić information content (AvgIpc) is 3.27. The van der Waals surface area contributed by atoms with E-state index in [-0.39, 0.29) is 5.91 Å². The Labute approximate surface area is 128 Å². The molecule has 3 aliphatic rings. The van der Waals surface area contributed by atoms with Gasteiger partial charge in [-0.05, 0) is 55.9 Å². The van der Waals surface area contributed by atoms with Crippen LogP contribution in [-0.2, 0) is 4.79 Å². The Kier molecular flexibility index (Phi) is 3.81. The maximum atomic E-state index is 12.3. The largest absolute Gasteiger partial charge is 0.368 e. The monoisotopic (exact) mass is 293 g/mol. The molecule has 0 aromatic carbocycles. The van der Waals surface area contributed by atoms with Crippen molar-refractivity contribution in [3.05, 3.63) is 0 Å². The maximum Gasteiger partial charge on any atom is 0.239 e. The van der Waals surface area contributed by atoms with Gasteiger partial charge in [0.25, 0.3) is 0 Å². The lowest BCUT2D eigenvalue weighted by Crippen LogP contribution is -2.63. The van der Waals surface area contributed by atoms with E-state index in [2.05, 4.69) is 31.0 Å². The Balaban J connectivity index is 1.68. The molecule has 4 nitrogen and oxygen atoms in total. The third kappa shape index (κ3) is 3.26. The highest BCUT2D eigenvalue weighted by Crippen LogP contribution is 2.43. The van der Waals surface area contributed by atoms with Crippen LogP contribution >= 0.6 is 0 Å². The first-order chi connectivity index (χ1) is 9.81. The highest BCUT2D eigenvalue weighted by Gasteiger charge is 2.53. The molecule has 3 fully saturated rings. The van der Waals surface area contributed by atoms with Gasteiger partial charge in [-0.15, -0.1) is 0 Å². The lowest BCUT2D eigenvalue weighted by molar-refractivity contribution is -0.126. The van der Waals surface area contributed by atoms with Crippen LogP contribution in [0.3, 0.4) is 0 Å². The molecular formula is C17H31N3O. The van der Waals surface area contributed by atoms with E-state index >= 15 is 0 Å². The van der Waals surface area contributed by atoms with E-state index in [0.717, 1.165) is 38.4 Å². The Morgan fingerprint density at radius 3 is 2.24 bits per heavy atom. The molecule has 2 saturated carbocycles. The average molecular weight is 293 g/mol. The summed E-state index contributed by atoms with van der Waals surface area (Å²) in [6.07, 6.45) is 5.95. The number of nitrogens with one attached hydrogen (secondary N) is 1. The Hall–Kier alpha value is -0.610. The third-order valence-corrected chi connectivity index (χ3v) is 5.72. The van der Waals surface area contributed by atoms with Gasteiger partial charge in [-0.1, -0.05) is 20.8 Å². The number of amides is 1. The smallest absolute Gasteiger partial charge is 0.239 e. The van der Waals surface area contributed by atoms with Crippen LogP contribution in [0.4, 0.5) is 0 Å². The van der Waals surface area contributed by atoms with Crippen molar-refractivity contribution in [1.82, 2.24) is 10.2 Å². The SMILES string of the molecule is CC(C)(C)C1CCN(CC(NC2CC2)(C(N)=O)C2CC2)C1. The van der Waals surface area contributed by atoms with Crippen molar-refractivity contribution >= 4 is 5.91 Å². The first-order valence-corrected chi connectivity index (χ1v) is 8.61. The summed E-state index contributed by atoms with van der Waals surface area (Å²) >= 11 is 0. The van der Waals surface area contributed by atoms with E-state index in [1.165, 1.54) is 19.3 Å². The molecule has 3 N–H and O–H groups in total. The fourth-order valence-corrected chi connectivity index (χ4v) is 3.85. The molecule has 0 aromatic heterocycles. The van der Waals surface area contributed by atoms with Crippen molar-refractivity contribution in [2.75, 3.05) is 19.6 Å². The fraction of sp³-hybridized carbons (Fsp3) is 0.941. The van der Waals surface area contributed by atoms with Gasteiger partial charge in [-0.2, -0.15) is 0 Å². The van der Waals surface area contributed by atoms with Crippen LogP contribution in [0.1, 0.15) is 52.9 Å². The number of hydrogen-bond acceptors (Lipinski definition) is 3. The number of rotatable bonds is 6. The molecule has 21 heavy (non-hydrogen) atoms. The van der Waals surface area contributed by atoms with Gasteiger partial charge >= 0.3 is 0 Å². The second-order valence-electron chi connectivity index (χ2n) is 8.62. The molecule has 120 valence electrons. The van der Waals surface area contributed by atoms with E-state index in [0.29, 0.717) is 17.4 Å². The van der Waals surface area contributed by atoms with Crippen LogP contribution in [0.15, 0.2) is 0 Å². The third-order valence-electron chi connectivity index (χ3n) is 5.72. The Bertz CT molecular complexity index is 409. The van der Waals surface area contributed by atoms with Crippen molar-refractivity contribution in [1.29, 1.82) is 0 Å². The van der Waals surface area contributed by atoms with E-state index in [1.807, 2.05) is 0 Å². The minimum Gasteiger partial charge on any atom is -0.368 e. The summed E-state index contributed by atoms with van der Waals surface area (Å²) in [6.45, 7) is 10.0. The minimum atomic E-state index is -0.464. The molecule has 0 radical (unpaired) electrons. The second-order valence-corrected chi connectivity index (χ2v) is 8.62. The van der Waals surface area contributed by atoms with Crippen molar-refractivity contribution in [2.24, 2.45) is 23.0 Å². The van der Waals surface area contributed by atoms with E-state index in [1.54, 1.807) is 0 Å². The van der Waals surface area contributed by atoms with Crippen molar-refractivity contribution in [2.45, 2.75) is 64.5 Å². The number of carbonyl (C=O) groups is 1. The molecule has 1 heterocycles. The van der Waals surface area contributed by atoms with Gasteiger partial charge in [0.05, 0.1) is 0 Å². The minimum absolute atomic E-state index is 0.129. The molecule has 3 rings (SSSR count). The van der Waals surface area contributed by atoms with Crippen molar-refractivity contribution in [3.8, 4) is 0 Å². The summed E-state index contributed by atoms with van der Waals surface area (Å²) in [4.78, 5) is 14.7. The summed E-state index contributed by atoms with van der Waals surface area (Å²) in [6, 6.07) is 0.527. The molecule has 4 heteroatoms. The van der Waals surface area contributed by atoms with E-state index < -0.39 is 5.54 Å². The summed E-state index contributed by atoms with van der Waals surface area (Å²) in [7, 11) is 0. The van der Waals surface area contributed by atoms with Gasteiger partial charge in [0.1, 0.15) is 5.54 Å². The molecule has 1 amide bonds. The van der Waals surface area contributed by atoms with Crippen molar-refractivity contribution in [3.63, 3.8) is 0 Å². The molecule has 0 spiro atoms. The summed E-state index contributed by atoms with van der Waals surface area (Å²) in [5.41, 5.74) is 5.75. The summed E-state index contributed by atoms with van der Waals surface area (Å²) in [5.74, 6) is 1.06. The molecule has 1 aliphatic heterocycles. The highest BCUT2D eigenvalue weighted by atomic mass is 16.1. The lowest BCUT2D eigenvalue weighted by atomic mass is 9.80. The topological polar surface area (TPSA) is 58.4 Å². The lowest BCUT2D eigenvalue weighted by Gasteiger charge is -2.36. The molecule has 1 saturated heterocycles. The number of nitrogens with two attached hydrogens (primary N) is 1. The predicted molar refractivity (Wildman–Crippen MR) is 84.8 cm³/mol. The number of hydrogen-bond donors (Lipinski definition) is 2. The fourth-order valence-electron chi connectivity index (χ4n) is 3.85. The van der Waals surface area contributed by atoms with Crippen LogP contribution < -0.4 is 11.1 Å². The number of carbonyl (C=O) groups excluding carboxylic acids is 1. The van der Waals surface area contributed by atoms with Crippen LogP contribution in [0.25, 0.3) is 0 Å². The Morgan fingerprint density at radius 1 is 1.14 bits per heavy atom. The normalized spacial score (nSPS) is 30.3. The van der Waals surface area contributed by atoms with Crippen LogP contribution in [0, 0.1) is 17.3 Å². The van der Waals surface area contributed by atoms with Gasteiger partial charge < -0.3 is 10.6 Å². The van der Waals surface area contributed by atoms with E-state index in [9.17, 15) is 4.79 Å². The van der Waals surface area contributed by atoms with Gasteiger partial charge in [0, 0.05) is 19.1 Å². The zero-order valence-electron chi connectivity index (χ0n) is 13.8. The predicted octanol–water partition coefficient (Wildman–Crippen LogP) is 1.74. The van der Waals surface area contributed by atoms with Crippen molar-refractivity contribution < 1.29 is 4.79 Å². The first-order valence-electron chi connectivity index (χ1n) is 8.61. The van der Waals surface area contributed by atoms with Crippen LogP contribution in [0.5, 0.6) is 0 Å². The standard InChI is InChI=1S/C17H31N3O/c1-16(2,3)13-8-9-20(10-13)11-17(15(18)21,12-4-5-12)19-14-6-7-14/h12-14,19H,4-11H2,1-3H3,(H2,18,21). The van der Waals surface area contributed by atoms with E-state index in [4.69, 9.17) is 5.73 Å². The van der Waals surface area contributed by atoms with Gasteiger partial charge in [-0.25, -0.2) is 0 Å². The molecule has 2 aliphatic carbocycles. The molecule has 2 unspecified atom stereocenters. The number of primary amides is 1. The van der Waals surface area contributed by atoms with Crippen LogP contribution in [0.2, 0.25) is 0 Å².